The highest BCUT2D eigenvalue weighted by molar-refractivity contribution is 5.43. The van der Waals surface area contributed by atoms with Crippen molar-refractivity contribution in [3.63, 3.8) is 0 Å². The zero-order chi connectivity index (χ0) is 13.4. The van der Waals surface area contributed by atoms with Gasteiger partial charge in [0, 0.05) is 23.6 Å². The zero-order valence-electron chi connectivity index (χ0n) is 12.2. The van der Waals surface area contributed by atoms with E-state index >= 15 is 0 Å². The molecule has 1 atom stereocenters. The van der Waals surface area contributed by atoms with Gasteiger partial charge in [-0.3, -0.25) is 4.98 Å². The molecule has 1 N–H and O–H groups in total. The molecule has 0 aliphatic heterocycles. The Morgan fingerprint density at radius 3 is 2.67 bits per heavy atom. The summed E-state index contributed by atoms with van der Waals surface area (Å²) in [6.45, 7) is 12.2. The van der Waals surface area contributed by atoms with E-state index in [1.807, 2.05) is 19.2 Å². The monoisotopic (exact) mass is 249 g/mol. The van der Waals surface area contributed by atoms with Crippen molar-refractivity contribution in [3.05, 3.63) is 24.0 Å². The van der Waals surface area contributed by atoms with Gasteiger partial charge in [-0.25, -0.2) is 0 Å². The minimum atomic E-state index is 0.516. The van der Waals surface area contributed by atoms with Gasteiger partial charge in [-0.2, -0.15) is 0 Å². The third-order valence-corrected chi connectivity index (χ3v) is 3.32. The summed E-state index contributed by atoms with van der Waals surface area (Å²) in [5.74, 6) is 0. The number of aromatic nitrogens is 1. The van der Waals surface area contributed by atoms with Crippen molar-refractivity contribution in [1.82, 2.24) is 9.88 Å². The molecule has 0 amide bonds. The molecule has 1 aromatic rings. The van der Waals surface area contributed by atoms with Gasteiger partial charge in [-0.05, 0) is 58.5 Å². The molecule has 3 heteroatoms. The lowest BCUT2D eigenvalue weighted by atomic mass is 10.1. The fourth-order valence-corrected chi connectivity index (χ4v) is 2.15. The van der Waals surface area contributed by atoms with Crippen LogP contribution in [-0.2, 0) is 0 Å². The molecule has 1 aromatic heterocycles. The molecule has 0 fully saturated rings. The number of hydrogen-bond donors (Lipinski definition) is 1. The molecule has 0 aromatic carbocycles. The third-order valence-electron chi connectivity index (χ3n) is 3.32. The first-order valence-electron chi connectivity index (χ1n) is 7.07. The second-order valence-electron chi connectivity index (χ2n) is 4.90. The highest BCUT2D eigenvalue weighted by Crippen LogP contribution is 2.11. The fraction of sp³-hybridized carbons (Fsp3) is 0.667. The van der Waals surface area contributed by atoms with E-state index < -0.39 is 0 Å². The molecule has 1 unspecified atom stereocenters. The molecule has 0 spiro atoms. The maximum atomic E-state index is 4.21. The molecule has 1 heterocycles. The minimum Gasteiger partial charge on any atom is -0.382 e. The van der Waals surface area contributed by atoms with E-state index in [1.54, 1.807) is 0 Å². The molecule has 102 valence electrons. The molecule has 0 saturated carbocycles. The van der Waals surface area contributed by atoms with E-state index in [0.29, 0.717) is 6.04 Å². The van der Waals surface area contributed by atoms with Crippen molar-refractivity contribution in [1.29, 1.82) is 0 Å². The fourth-order valence-electron chi connectivity index (χ4n) is 2.15. The lowest BCUT2D eigenvalue weighted by molar-refractivity contribution is 0.295. The molecule has 3 nitrogen and oxygen atoms in total. The van der Waals surface area contributed by atoms with Crippen LogP contribution in [0.3, 0.4) is 0 Å². The van der Waals surface area contributed by atoms with Gasteiger partial charge in [0.15, 0.2) is 0 Å². The number of nitrogens with zero attached hydrogens (tertiary/aromatic N) is 2. The van der Waals surface area contributed by atoms with Gasteiger partial charge in [0.1, 0.15) is 0 Å². The van der Waals surface area contributed by atoms with Crippen LogP contribution in [0.2, 0.25) is 0 Å². The van der Waals surface area contributed by atoms with E-state index in [9.17, 15) is 0 Å². The number of pyridine rings is 1. The van der Waals surface area contributed by atoms with Crippen LogP contribution in [0, 0.1) is 6.92 Å². The van der Waals surface area contributed by atoms with Crippen molar-refractivity contribution in [2.45, 2.75) is 46.6 Å². The maximum absolute atomic E-state index is 4.21. The van der Waals surface area contributed by atoms with Crippen molar-refractivity contribution in [2.75, 3.05) is 25.0 Å². The SMILES string of the molecule is CCN(CC)CCCC(C)Nc1ccnc(C)c1. The van der Waals surface area contributed by atoms with Crippen LogP contribution in [0.4, 0.5) is 5.69 Å². The average molecular weight is 249 g/mol. The smallest absolute Gasteiger partial charge is 0.0393 e. The van der Waals surface area contributed by atoms with Crippen LogP contribution in [0.5, 0.6) is 0 Å². The molecule has 0 aliphatic carbocycles. The van der Waals surface area contributed by atoms with Crippen LogP contribution in [0.15, 0.2) is 18.3 Å². The second kappa shape index (κ2) is 8.09. The summed E-state index contributed by atoms with van der Waals surface area (Å²) >= 11 is 0. The van der Waals surface area contributed by atoms with E-state index in [4.69, 9.17) is 0 Å². The normalized spacial score (nSPS) is 12.7. The summed E-state index contributed by atoms with van der Waals surface area (Å²) < 4.78 is 0. The number of rotatable bonds is 8. The third kappa shape index (κ3) is 5.50. The molecule has 18 heavy (non-hydrogen) atoms. The van der Waals surface area contributed by atoms with E-state index in [0.717, 1.165) is 18.8 Å². The Morgan fingerprint density at radius 2 is 2.06 bits per heavy atom. The van der Waals surface area contributed by atoms with Crippen LogP contribution < -0.4 is 5.32 Å². The first-order valence-corrected chi connectivity index (χ1v) is 7.07. The van der Waals surface area contributed by atoms with Gasteiger partial charge in [-0.15, -0.1) is 0 Å². The zero-order valence-corrected chi connectivity index (χ0v) is 12.2. The predicted octanol–water partition coefficient (Wildman–Crippen LogP) is 3.31. The molecular weight excluding hydrogens is 222 g/mol. The van der Waals surface area contributed by atoms with E-state index in [1.165, 1.54) is 25.1 Å². The lowest BCUT2D eigenvalue weighted by Gasteiger charge is -2.20. The largest absolute Gasteiger partial charge is 0.382 e. The van der Waals surface area contributed by atoms with Gasteiger partial charge in [0.25, 0.3) is 0 Å². The van der Waals surface area contributed by atoms with Gasteiger partial charge >= 0.3 is 0 Å². The van der Waals surface area contributed by atoms with Crippen LogP contribution in [0.25, 0.3) is 0 Å². The topological polar surface area (TPSA) is 28.2 Å². The first-order chi connectivity index (χ1) is 8.65. The minimum absolute atomic E-state index is 0.516. The number of nitrogens with one attached hydrogen (secondary N) is 1. The van der Waals surface area contributed by atoms with Crippen LogP contribution >= 0.6 is 0 Å². The van der Waals surface area contributed by atoms with E-state index in [-0.39, 0.29) is 0 Å². The van der Waals surface area contributed by atoms with E-state index in [2.05, 4.69) is 42.0 Å². The summed E-state index contributed by atoms with van der Waals surface area (Å²) in [5.41, 5.74) is 2.24. The Balaban J connectivity index is 2.27. The van der Waals surface area contributed by atoms with Crippen LogP contribution in [-0.4, -0.2) is 35.6 Å². The Labute approximate surface area is 112 Å². The lowest BCUT2D eigenvalue weighted by Crippen LogP contribution is -2.25. The standard InChI is InChI=1S/C15H27N3/c1-5-18(6-2)11-7-8-13(3)17-15-9-10-16-14(4)12-15/h9-10,12-13H,5-8,11H2,1-4H3,(H,16,17). The summed E-state index contributed by atoms with van der Waals surface area (Å²) in [5, 5.41) is 3.53. The Bertz CT molecular complexity index is 334. The van der Waals surface area contributed by atoms with Crippen LogP contribution in [0.1, 0.15) is 39.3 Å². The Morgan fingerprint density at radius 1 is 1.33 bits per heavy atom. The number of aryl methyl sites for hydroxylation is 1. The molecule has 0 saturated heterocycles. The highest BCUT2D eigenvalue weighted by atomic mass is 15.1. The van der Waals surface area contributed by atoms with Crippen molar-refractivity contribution in [2.24, 2.45) is 0 Å². The van der Waals surface area contributed by atoms with Gasteiger partial charge < -0.3 is 10.2 Å². The Hall–Kier alpha value is -1.09. The summed E-state index contributed by atoms with van der Waals surface area (Å²) in [6, 6.07) is 4.65. The quantitative estimate of drug-likeness (QED) is 0.766. The number of anilines is 1. The summed E-state index contributed by atoms with van der Waals surface area (Å²) in [7, 11) is 0. The summed E-state index contributed by atoms with van der Waals surface area (Å²) in [6.07, 6.45) is 4.32. The molecule has 0 aliphatic rings. The van der Waals surface area contributed by atoms with Crippen molar-refractivity contribution < 1.29 is 0 Å². The molecule has 0 radical (unpaired) electrons. The molecule has 0 bridgehead atoms. The highest BCUT2D eigenvalue weighted by Gasteiger charge is 2.04. The molecule has 1 rings (SSSR count). The van der Waals surface area contributed by atoms with Gasteiger partial charge in [0.05, 0.1) is 0 Å². The van der Waals surface area contributed by atoms with Gasteiger partial charge in [-0.1, -0.05) is 13.8 Å². The molecular formula is C15H27N3. The Kier molecular flexibility index (Phi) is 6.73. The maximum Gasteiger partial charge on any atom is 0.0393 e. The van der Waals surface area contributed by atoms with Gasteiger partial charge in [0.2, 0.25) is 0 Å². The first kappa shape index (κ1) is 15.0. The number of hydrogen-bond acceptors (Lipinski definition) is 3. The summed E-state index contributed by atoms with van der Waals surface area (Å²) in [4.78, 5) is 6.68. The second-order valence-corrected chi connectivity index (χ2v) is 4.90. The predicted molar refractivity (Wildman–Crippen MR) is 79.1 cm³/mol. The van der Waals surface area contributed by atoms with Crippen molar-refractivity contribution >= 4 is 5.69 Å². The average Bonchev–Trinajstić information content (AvgIpc) is 2.34. The van der Waals surface area contributed by atoms with Crippen molar-refractivity contribution in [3.8, 4) is 0 Å².